The number of nitrogens with one attached hydrogen (secondary N) is 2. The van der Waals surface area contributed by atoms with Crippen molar-refractivity contribution in [2.24, 2.45) is 0 Å². The van der Waals surface area contributed by atoms with Gasteiger partial charge in [0.15, 0.2) is 5.65 Å². The molecule has 4 aromatic rings. The fourth-order valence-electron chi connectivity index (χ4n) is 4.09. The summed E-state index contributed by atoms with van der Waals surface area (Å²) in [6.07, 6.45) is 6.98. The first-order valence-electron chi connectivity index (χ1n) is 9.39. The first kappa shape index (κ1) is 16.7. The fraction of sp³-hybridized carbons (Fsp3) is 0.238. The topological polar surface area (TPSA) is 94.7 Å². The minimum absolute atomic E-state index is 0. The van der Waals surface area contributed by atoms with E-state index < -0.39 is 0 Å². The quantitative estimate of drug-likeness (QED) is 0.560. The highest BCUT2D eigenvalue weighted by Crippen LogP contribution is 2.31. The molecule has 1 fully saturated rings. The first-order chi connectivity index (χ1) is 13.7. The van der Waals surface area contributed by atoms with E-state index in [1.165, 1.54) is 0 Å². The van der Waals surface area contributed by atoms with E-state index in [1.807, 2.05) is 35.2 Å². The normalized spacial score (nSPS) is 15.4. The van der Waals surface area contributed by atoms with Crippen molar-refractivity contribution in [3.8, 4) is 0 Å². The average Bonchev–Trinajstić information content (AvgIpc) is 3.13. The van der Waals surface area contributed by atoms with Gasteiger partial charge in [-0.25, -0.2) is 9.78 Å². The third-order valence-corrected chi connectivity index (χ3v) is 5.56. The zero-order valence-corrected chi connectivity index (χ0v) is 15.2. The molecule has 0 unspecified atom stereocenters. The summed E-state index contributed by atoms with van der Waals surface area (Å²) in [5, 5.41) is 2.05. The van der Waals surface area contributed by atoms with Crippen molar-refractivity contribution in [3.63, 3.8) is 0 Å². The van der Waals surface area contributed by atoms with Gasteiger partial charge in [-0.2, -0.15) is 0 Å². The number of fused-ring (bicyclic) bond motifs is 2. The molecule has 7 nitrogen and oxygen atoms in total. The Morgan fingerprint density at radius 2 is 1.93 bits per heavy atom. The van der Waals surface area contributed by atoms with Crippen LogP contribution in [0.1, 0.15) is 37.5 Å². The lowest BCUT2D eigenvalue weighted by molar-refractivity contribution is 0.0713. The molecule has 28 heavy (non-hydrogen) atoms. The molecule has 0 saturated carbocycles. The predicted octanol–water partition coefficient (Wildman–Crippen LogP) is 3.31. The molecule has 1 aliphatic heterocycles. The summed E-state index contributed by atoms with van der Waals surface area (Å²) in [5.74, 6) is 0.357. The molecule has 2 N–H and O–H groups in total. The molecule has 1 saturated heterocycles. The standard InChI is InChI=1S/C21H19N5O2.2H2/c27-20(15-1-2-16-12-22-7-3-14(16)11-15)26-9-5-13(6-10-26)17-4-8-23-19-18(17)24-21(28)25-19;;/h1-4,7-8,11-13H,5-6,9-10H2,(H2,23,24,25,28);2*1H. The Hall–Kier alpha value is -3.48. The molecular weight excluding hydrogens is 354 g/mol. The molecule has 0 atom stereocenters. The molecule has 0 spiro atoms. The molecule has 5 rings (SSSR count). The molecule has 4 heterocycles. The number of rotatable bonds is 2. The Balaban J connectivity index is 0.00000128. The molecule has 1 aromatic carbocycles. The minimum Gasteiger partial charge on any atom is -0.339 e. The molecule has 3 aromatic heterocycles. The van der Waals surface area contributed by atoms with Crippen LogP contribution in [0.4, 0.5) is 0 Å². The molecule has 0 radical (unpaired) electrons. The van der Waals surface area contributed by atoms with E-state index in [4.69, 9.17) is 0 Å². The summed E-state index contributed by atoms with van der Waals surface area (Å²) in [4.78, 5) is 40.3. The SMILES string of the molecule is O=C(c1ccc2cnccc2c1)N1CCC(c2ccnc3[nH]c(=O)[nH]c23)CC1.[HH].[HH]. The molecule has 1 amide bonds. The number of benzene rings is 1. The van der Waals surface area contributed by atoms with Crippen LogP contribution in [0, 0.1) is 0 Å². The second-order valence-corrected chi connectivity index (χ2v) is 7.21. The van der Waals surface area contributed by atoms with Crippen molar-refractivity contribution < 1.29 is 7.65 Å². The van der Waals surface area contributed by atoms with E-state index >= 15 is 0 Å². The Morgan fingerprint density at radius 3 is 2.79 bits per heavy atom. The van der Waals surface area contributed by atoms with Gasteiger partial charge in [-0.05, 0) is 54.0 Å². The summed E-state index contributed by atoms with van der Waals surface area (Å²) >= 11 is 0. The molecule has 7 heteroatoms. The molecule has 0 bridgehead atoms. The second-order valence-electron chi connectivity index (χ2n) is 7.21. The van der Waals surface area contributed by atoms with Gasteiger partial charge < -0.3 is 9.88 Å². The monoisotopic (exact) mass is 377 g/mol. The van der Waals surface area contributed by atoms with Crippen LogP contribution in [0.3, 0.4) is 0 Å². The number of nitrogens with zero attached hydrogens (tertiary/aromatic N) is 3. The zero-order valence-electron chi connectivity index (χ0n) is 15.2. The van der Waals surface area contributed by atoms with Gasteiger partial charge in [0.25, 0.3) is 5.91 Å². The summed E-state index contributed by atoms with van der Waals surface area (Å²) < 4.78 is 0. The molecule has 1 aliphatic rings. The van der Waals surface area contributed by atoms with Gasteiger partial charge >= 0.3 is 5.69 Å². The number of amides is 1. The maximum atomic E-state index is 13.0. The molecule has 144 valence electrons. The number of hydrogen-bond donors (Lipinski definition) is 2. The number of pyridine rings is 2. The number of imidazole rings is 1. The van der Waals surface area contributed by atoms with E-state index in [9.17, 15) is 9.59 Å². The van der Waals surface area contributed by atoms with Crippen LogP contribution in [-0.2, 0) is 0 Å². The first-order valence-corrected chi connectivity index (χ1v) is 9.39. The van der Waals surface area contributed by atoms with E-state index in [2.05, 4.69) is 19.9 Å². The third-order valence-electron chi connectivity index (χ3n) is 5.56. The van der Waals surface area contributed by atoms with Gasteiger partial charge in [0.05, 0.1) is 5.52 Å². The van der Waals surface area contributed by atoms with Crippen molar-refractivity contribution in [2.75, 3.05) is 13.1 Å². The van der Waals surface area contributed by atoms with Crippen molar-refractivity contribution in [3.05, 3.63) is 70.5 Å². The van der Waals surface area contributed by atoms with E-state index in [1.54, 1.807) is 18.6 Å². The van der Waals surface area contributed by atoms with Crippen molar-refractivity contribution in [2.45, 2.75) is 18.8 Å². The van der Waals surface area contributed by atoms with Crippen LogP contribution in [0.25, 0.3) is 21.9 Å². The van der Waals surface area contributed by atoms with Crippen molar-refractivity contribution in [1.82, 2.24) is 24.8 Å². The molecule has 0 aliphatic carbocycles. The minimum atomic E-state index is -0.242. The largest absolute Gasteiger partial charge is 0.339 e. The highest BCUT2D eigenvalue weighted by atomic mass is 16.2. The number of piperidine rings is 1. The summed E-state index contributed by atoms with van der Waals surface area (Å²) in [6, 6.07) is 9.63. The predicted molar refractivity (Wildman–Crippen MR) is 111 cm³/mol. The number of hydrogen-bond acceptors (Lipinski definition) is 4. The third kappa shape index (κ3) is 2.85. The number of likely N-dealkylation sites (tertiary alicyclic amines) is 1. The van der Waals surface area contributed by atoms with Crippen LogP contribution in [-0.4, -0.2) is 43.8 Å². The second kappa shape index (κ2) is 6.60. The smallest absolute Gasteiger partial charge is 0.325 e. The summed E-state index contributed by atoms with van der Waals surface area (Å²) in [5.41, 5.74) is 2.92. The number of carbonyl (C=O) groups is 1. The van der Waals surface area contributed by atoms with E-state index in [0.29, 0.717) is 30.2 Å². The maximum Gasteiger partial charge on any atom is 0.325 e. The highest BCUT2D eigenvalue weighted by Gasteiger charge is 2.26. The van der Waals surface area contributed by atoms with Crippen molar-refractivity contribution in [1.29, 1.82) is 0 Å². The van der Waals surface area contributed by atoms with Crippen molar-refractivity contribution >= 4 is 27.8 Å². The van der Waals surface area contributed by atoms with Gasteiger partial charge in [-0.1, -0.05) is 6.07 Å². The lowest BCUT2D eigenvalue weighted by Gasteiger charge is -2.32. The van der Waals surface area contributed by atoms with Crippen LogP contribution >= 0.6 is 0 Å². The van der Waals surface area contributed by atoms with Gasteiger partial charge in [0, 0.05) is 45.5 Å². The number of H-pyrrole nitrogens is 2. The Bertz CT molecular complexity index is 1240. The van der Waals surface area contributed by atoms with Crippen LogP contribution in [0.15, 0.2) is 53.7 Å². The van der Waals surface area contributed by atoms with Gasteiger partial charge in [-0.3, -0.25) is 14.8 Å². The summed E-state index contributed by atoms with van der Waals surface area (Å²) in [6.45, 7) is 1.38. The highest BCUT2D eigenvalue weighted by molar-refractivity contribution is 5.98. The summed E-state index contributed by atoms with van der Waals surface area (Å²) in [7, 11) is 0. The fourth-order valence-corrected chi connectivity index (χ4v) is 4.09. The average molecular weight is 377 g/mol. The van der Waals surface area contributed by atoms with E-state index in [0.717, 1.165) is 34.7 Å². The molecular formula is C21H23N5O2. The number of carbonyl (C=O) groups excluding carboxylic acids is 1. The Kier molecular flexibility index (Phi) is 3.93. The van der Waals surface area contributed by atoms with Crippen LogP contribution < -0.4 is 5.69 Å². The van der Waals surface area contributed by atoms with Crippen LogP contribution in [0.2, 0.25) is 0 Å². The lowest BCUT2D eigenvalue weighted by atomic mass is 9.89. The lowest BCUT2D eigenvalue weighted by Crippen LogP contribution is -2.38. The maximum absolute atomic E-state index is 13.0. The van der Waals surface area contributed by atoms with Gasteiger partial charge in [0.2, 0.25) is 0 Å². The number of aromatic amines is 2. The Morgan fingerprint density at radius 1 is 1.07 bits per heavy atom. The number of aromatic nitrogens is 4. The van der Waals surface area contributed by atoms with Crippen LogP contribution in [0.5, 0.6) is 0 Å². The zero-order chi connectivity index (χ0) is 19.1. The van der Waals surface area contributed by atoms with E-state index in [-0.39, 0.29) is 14.5 Å². The Labute approximate surface area is 163 Å². The van der Waals surface area contributed by atoms with Gasteiger partial charge in [-0.15, -0.1) is 0 Å². The van der Waals surface area contributed by atoms with Gasteiger partial charge in [0.1, 0.15) is 0 Å².